The van der Waals surface area contributed by atoms with Crippen LogP contribution in [0.2, 0.25) is 0 Å². The monoisotopic (exact) mass is 536 g/mol. The number of rotatable bonds is 7. The van der Waals surface area contributed by atoms with Crippen LogP contribution in [0.3, 0.4) is 0 Å². The number of ether oxygens (including phenoxy) is 2. The van der Waals surface area contributed by atoms with Crippen molar-refractivity contribution in [3.8, 4) is 0 Å². The number of anilines is 1. The number of aliphatic hydroxyl groups is 1. The third-order valence-corrected chi connectivity index (χ3v) is 8.85. The van der Waals surface area contributed by atoms with Crippen molar-refractivity contribution < 1.29 is 29.0 Å². The van der Waals surface area contributed by atoms with E-state index in [1.54, 1.807) is 9.80 Å². The predicted octanol–water partition coefficient (Wildman–Crippen LogP) is 3.62. The van der Waals surface area contributed by atoms with Crippen molar-refractivity contribution in [1.29, 1.82) is 0 Å². The van der Waals surface area contributed by atoms with Crippen LogP contribution in [0.15, 0.2) is 42.5 Å². The lowest BCUT2D eigenvalue weighted by Gasteiger charge is -2.38. The fourth-order valence-electron chi connectivity index (χ4n) is 6.91. The average molecular weight is 537 g/mol. The Labute approximate surface area is 230 Å². The number of carbonyl (C=O) groups excluding carboxylic acids is 3. The third kappa shape index (κ3) is 4.51. The molecule has 4 aliphatic rings. The van der Waals surface area contributed by atoms with Crippen LogP contribution in [0.25, 0.3) is 0 Å². The van der Waals surface area contributed by atoms with E-state index in [2.05, 4.69) is 0 Å². The molecule has 8 nitrogen and oxygen atoms in total. The Balaban J connectivity index is 1.63. The number of esters is 1. The number of amides is 2. The number of aliphatic hydroxyl groups excluding tert-OH is 1. The van der Waals surface area contributed by atoms with Gasteiger partial charge in [0.15, 0.2) is 0 Å². The van der Waals surface area contributed by atoms with Crippen LogP contribution in [-0.4, -0.2) is 71.3 Å². The van der Waals surface area contributed by atoms with E-state index < -0.39 is 35.0 Å². The van der Waals surface area contributed by atoms with Gasteiger partial charge < -0.3 is 24.4 Å². The summed E-state index contributed by atoms with van der Waals surface area (Å²) in [5.74, 6) is -2.60. The second kappa shape index (κ2) is 10.9. The lowest BCUT2D eigenvalue weighted by atomic mass is 9.73. The summed E-state index contributed by atoms with van der Waals surface area (Å²) in [6.07, 6.45) is 11.7. The first-order valence-corrected chi connectivity index (χ1v) is 14.3. The predicted molar refractivity (Wildman–Crippen MR) is 147 cm³/mol. The largest absolute Gasteiger partial charge is 0.465 e. The molecule has 1 unspecified atom stereocenters. The van der Waals surface area contributed by atoms with Gasteiger partial charge in [-0.3, -0.25) is 14.4 Å². The van der Waals surface area contributed by atoms with Crippen molar-refractivity contribution in [1.82, 2.24) is 4.90 Å². The van der Waals surface area contributed by atoms with Crippen molar-refractivity contribution in [2.75, 3.05) is 31.2 Å². The first-order valence-electron chi connectivity index (χ1n) is 14.3. The first kappa shape index (κ1) is 27.6. The summed E-state index contributed by atoms with van der Waals surface area (Å²) in [5, 5.41) is 9.27. The lowest BCUT2D eigenvalue weighted by Crippen LogP contribution is -2.56. The van der Waals surface area contributed by atoms with Crippen LogP contribution < -0.4 is 4.90 Å². The Morgan fingerprint density at radius 3 is 2.62 bits per heavy atom. The number of hydrogen-bond acceptors (Lipinski definition) is 6. The number of allylic oxidation sites excluding steroid dienone is 1. The van der Waals surface area contributed by atoms with Crippen LogP contribution in [0, 0.1) is 25.7 Å². The van der Waals surface area contributed by atoms with Gasteiger partial charge >= 0.3 is 5.97 Å². The number of carbonyl (C=O) groups is 3. The topological polar surface area (TPSA) is 96.4 Å². The SMILES string of the molecule is CC[C@]12/C=C\CCCOC(=O)[C@H]1[C@H]1C(=O)N(CCCCCO)C3C(=O)N(c4cc(C)ccc4C)CC=C[C@@]31O2. The van der Waals surface area contributed by atoms with Gasteiger partial charge in [0, 0.05) is 25.4 Å². The molecular formula is C31H40N2O6. The van der Waals surface area contributed by atoms with Crippen LogP contribution in [0.5, 0.6) is 0 Å². The molecule has 0 aromatic heterocycles. The van der Waals surface area contributed by atoms with Gasteiger partial charge in [-0.2, -0.15) is 0 Å². The van der Waals surface area contributed by atoms with Gasteiger partial charge in [0.05, 0.1) is 12.5 Å². The molecule has 0 aliphatic carbocycles. The molecule has 4 aliphatic heterocycles. The summed E-state index contributed by atoms with van der Waals surface area (Å²) >= 11 is 0. The molecule has 2 amide bonds. The highest BCUT2D eigenvalue weighted by Gasteiger charge is 2.75. The maximum atomic E-state index is 14.6. The third-order valence-electron chi connectivity index (χ3n) is 8.85. The van der Waals surface area contributed by atoms with Crippen LogP contribution in [0.4, 0.5) is 5.69 Å². The van der Waals surface area contributed by atoms with E-state index in [-0.39, 0.29) is 25.0 Å². The lowest BCUT2D eigenvalue weighted by molar-refractivity contribution is -0.159. The fraction of sp³-hybridized carbons (Fsp3) is 0.581. The molecule has 210 valence electrons. The summed E-state index contributed by atoms with van der Waals surface area (Å²) in [6.45, 7) is 6.98. The van der Waals surface area contributed by atoms with Crippen LogP contribution in [0.1, 0.15) is 56.6 Å². The van der Waals surface area contributed by atoms with E-state index >= 15 is 0 Å². The highest BCUT2D eigenvalue weighted by molar-refractivity contribution is 6.06. The number of unbranched alkanes of at least 4 members (excludes halogenated alkanes) is 2. The Morgan fingerprint density at radius 1 is 1.03 bits per heavy atom. The van der Waals surface area contributed by atoms with E-state index in [1.165, 1.54) is 0 Å². The standard InChI is InChI=1S/C31H40N2O6/c1-4-30-14-7-5-10-19-38-29(37)25(30)24-27(35)33(16-8-6-9-18-34)26-28(36)32(17-11-15-31(24,26)39-30)23-20-21(2)12-13-22(23)3/h7,11-15,20,24-26,34H,4-6,8-10,16-19H2,1-3H3/b14-7-/t24-,25+,26?,30-,31-/m0/s1. The molecule has 8 heteroatoms. The average Bonchev–Trinajstić information content (AvgIpc) is 3.29. The fourth-order valence-corrected chi connectivity index (χ4v) is 6.91. The minimum atomic E-state index is -1.29. The van der Waals surface area contributed by atoms with Gasteiger partial charge in [0.2, 0.25) is 5.91 Å². The van der Waals surface area contributed by atoms with E-state index in [4.69, 9.17) is 9.47 Å². The van der Waals surface area contributed by atoms with Gasteiger partial charge in [-0.15, -0.1) is 0 Å². The highest BCUT2D eigenvalue weighted by Crippen LogP contribution is 2.58. The molecule has 2 fully saturated rings. The molecule has 1 N–H and O–H groups in total. The zero-order valence-corrected chi connectivity index (χ0v) is 23.2. The summed E-state index contributed by atoms with van der Waals surface area (Å²) in [4.78, 5) is 45.9. The van der Waals surface area contributed by atoms with Gasteiger partial charge in [-0.05, 0) is 69.6 Å². The normalized spacial score (nSPS) is 33.0. The number of cyclic esters (lactones) is 1. The van der Waals surface area contributed by atoms with Crippen molar-refractivity contribution >= 4 is 23.5 Å². The Hall–Kier alpha value is -2.97. The zero-order chi connectivity index (χ0) is 27.8. The van der Waals surface area contributed by atoms with Gasteiger partial charge in [0.1, 0.15) is 23.2 Å². The van der Waals surface area contributed by atoms with Gasteiger partial charge in [-0.1, -0.05) is 43.4 Å². The molecule has 5 rings (SSSR count). The smallest absolute Gasteiger partial charge is 0.313 e. The first-order chi connectivity index (χ1) is 18.8. The summed E-state index contributed by atoms with van der Waals surface area (Å²) < 4.78 is 12.7. The summed E-state index contributed by atoms with van der Waals surface area (Å²) in [5.41, 5.74) is 0.485. The van der Waals surface area contributed by atoms with E-state index in [1.807, 2.05) is 63.3 Å². The van der Waals surface area contributed by atoms with Crippen molar-refractivity contribution in [3.05, 3.63) is 53.6 Å². The molecule has 2 saturated heterocycles. The molecule has 0 radical (unpaired) electrons. The maximum Gasteiger partial charge on any atom is 0.313 e. The molecule has 1 aromatic rings. The summed E-state index contributed by atoms with van der Waals surface area (Å²) in [6, 6.07) is 5.10. The second-order valence-corrected chi connectivity index (χ2v) is 11.3. The summed E-state index contributed by atoms with van der Waals surface area (Å²) in [7, 11) is 0. The van der Waals surface area contributed by atoms with Crippen LogP contribution in [-0.2, 0) is 23.9 Å². The minimum Gasteiger partial charge on any atom is -0.465 e. The van der Waals surface area contributed by atoms with E-state index in [0.717, 1.165) is 29.7 Å². The highest BCUT2D eigenvalue weighted by atomic mass is 16.6. The number of benzene rings is 1. The minimum absolute atomic E-state index is 0.0778. The van der Waals surface area contributed by atoms with Crippen molar-refractivity contribution in [2.45, 2.75) is 76.5 Å². The Kier molecular flexibility index (Phi) is 7.71. The molecule has 39 heavy (non-hydrogen) atoms. The molecule has 4 heterocycles. The molecule has 0 saturated carbocycles. The molecule has 1 aromatic carbocycles. The van der Waals surface area contributed by atoms with Crippen molar-refractivity contribution in [2.24, 2.45) is 11.8 Å². The Bertz CT molecular complexity index is 1190. The van der Waals surface area contributed by atoms with Crippen molar-refractivity contribution in [3.63, 3.8) is 0 Å². The second-order valence-electron chi connectivity index (χ2n) is 11.3. The number of nitrogens with zero attached hydrogens (tertiary/aromatic N) is 2. The van der Waals surface area contributed by atoms with Gasteiger partial charge in [-0.25, -0.2) is 0 Å². The number of likely N-dealkylation sites (tertiary alicyclic amines) is 1. The Morgan fingerprint density at radius 2 is 1.85 bits per heavy atom. The zero-order valence-electron chi connectivity index (χ0n) is 23.2. The molecular weight excluding hydrogens is 496 g/mol. The molecule has 0 bridgehead atoms. The van der Waals surface area contributed by atoms with E-state index in [0.29, 0.717) is 38.8 Å². The molecule has 5 atom stereocenters. The van der Waals surface area contributed by atoms with Gasteiger partial charge in [0.25, 0.3) is 5.91 Å². The maximum absolute atomic E-state index is 14.6. The number of aryl methyl sites for hydroxylation is 2. The number of hydrogen-bond donors (Lipinski definition) is 1. The quantitative estimate of drug-likeness (QED) is 0.325. The molecule has 1 spiro atoms. The number of fused-ring (bicyclic) bond motifs is 2. The van der Waals surface area contributed by atoms with E-state index in [9.17, 15) is 19.5 Å². The van der Waals surface area contributed by atoms with Crippen LogP contribution >= 0.6 is 0 Å².